The summed E-state index contributed by atoms with van der Waals surface area (Å²) in [4.78, 5) is 27.4. The van der Waals surface area contributed by atoms with Crippen molar-refractivity contribution in [3.8, 4) is 0 Å². The number of nitrogens with one attached hydrogen (secondary N) is 1. The highest BCUT2D eigenvalue weighted by molar-refractivity contribution is 6.21. The number of aliphatic imine (C=N–C) groups is 3. The molecule has 3 N–H and O–H groups in total. The summed E-state index contributed by atoms with van der Waals surface area (Å²) in [7, 11) is 0. The number of hydrogen-bond donors (Lipinski definition) is 3. The van der Waals surface area contributed by atoms with Gasteiger partial charge in [0.25, 0.3) is 0 Å². The van der Waals surface area contributed by atoms with Crippen LogP contribution >= 0.6 is 0 Å². The van der Waals surface area contributed by atoms with Gasteiger partial charge in [-0.25, -0.2) is 15.0 Å². The summed E-state index contributed by atoms with van der Waals surface area (Å²) in [5.41, 5.74) is 14.9. The number of aliphatic hydroxyl groups is 2. The van der Waals surface area contributed by atoms with Crippen LogP contribution in [0.25, 0.3) is 0 Å². The largest absolute Gasteiger partial charge is 0.511 e. The fourth-order valence-corrected chi connectivity index (χ4v) is 7.00. The van der Waals surface area contributed by atoms with Gasteiger partial charge in [-0.1, -0.05) is 20.8 Å². The van der Waals surface area contributed by atoms with Crippen LogP contribution in [0, 0.1) is 11.8 Å². The summed E-state index contributed by atoms with van der Waals surface area (Å²) in [5, 5.41) is 24.3. The van der Waals surface area contributed by atoms with Crippen LogP contribution in [0.5, 0.6) is 0 Å². The molecule has 212 valence electrons. The fourth-order valence-electron chi connectivity index (χ4n) is 7.00. The zero-order valence-corrected chi connectivity index (χ0v) is 24.8. The second kappa shape index (κ2) is 10.2. The highest BCUT2D eigenvalue weighted by Gasteiger charge is 2.41. The Labute approximate surface area is 241 Å². The predicted octanol–water partition coefficient (Wildman–Crippen LogP) is 6.41. The van der Waals surface area contributed by atoms with Crippen LogP contribution in [-0.4, -0.2) is 39.7 Å². The molecule has 0 unspecified atom stereocenters. The molecule has 8 bridgehead atoms. The van der Waals surface area contributed by atoms with Gasteiger partial charge in [0.05, 0.1) is 34.2 Å². The Bertz CT molecular complexity index is 1650. The number of allylic oxidation sites excluding steroid dienone is 12. The number of ketones is 1. The Morgan fingerprint density at radius 3 is 2.22 bits per heavy atom. The van der Waals surface area contributed by atoms with Crippen LogP contribution in [0.15, 0.2) is 106 Å². The third-order valence-electron chi connectivity index (χ3n) is 9.45. The first-order chi connectivity index (χ1) is 19.7. The number of nitrogens with zero attached hydrogens (tertiary/aromatic N) is 3. The number of carbonyl (C=O) groups is 1. The van der Waals surface area contributed by atoms with Crippen LogP contribution < -0.4 is 5.32 Å². The molecule has 0 aromatic carbocycles. The summed E-state index contributed by atoms with van der Waals surface area (Å²) < 4.78 is 0. The van der Waals surface area contributed by atoms with Gasteiger partial charge in [-0.3, -0.25) is 4.79 Å². The Balaban J connectivity index is 1.59. The zero-order chi connectivity index (χ0) is 29.2. The predicted molar refractivity (Wildman–Crippen MR) is 164 cm³/mol. The Kier molecular flexibility index (Phi) is 6.81. The van der Waals surface area contributed by atoms with E-state index in [2.05, 4.69) is 58.2 Å². The van der Waals surface area contributed by atoms with Crippen molar-refractivity contribution in [2.45, 2.75) is 73.6 Å². The van der Waals surface area contributed by atoms with E-state index in [4.69, 9.17) is 15.0 Å². The van der Waals surface area contributed by atoms with Crippen LogP contribution in [-0.2, 0) is 4.79 Å². The fraction of sp³-hybridized carbons (Fsp3) is 0.412. The van der Waals surface area contributed by atoms with E-state index in [9.17, 15) is 15.0 Å². The average Bonchev–Trinajstić information content (AvgIpc) is 3.70. The number of hydrogen-bond acceptors (Lipinski definition) is 7. The summed E-state index contributed by atoms with van der Waals surface area (Å²) in [6.45, 7) is 12.3. The van der Waals surface area contributed by atoms with Crippen LogP contribution in [0.4, 0.5) is 0 Å². The van der Waals surface area contributed by atoms with E-state index in [0.29, 0.717) is 25.0 Å². The maximum absolute atomic E-state index is 12.1. The molecule has 0 aromatic rings. The quantitative estimate of drug-likeness (QED) is 0.355. The topological polar surface area (TPSA) is 107 Å². The maximum Gasteiger partial charge on any atom is 0.158 e. The first-order valence-corrected chi connectivity index (χ1v) is 14.7. The summed E-state index contributed by atoms with van der Waals surface area (Å²) >= 11 is 0. The van der Waals surface area contributed by atoms with Gasteiger partial charge in [-0.15, -0.1) is 0 Å². The van der Waals surface area contributed by atoms with Crippen LogP contribution in [0.3, 0.4) is 0 Å². The van der Waals surface area contributed by atoms with Gasteiger partial charge in [0.1, 0.15) is 12.4 Å². The van der Waals surface area contributed by atoms with E-state index < -0.39 is 6.61 Å². The minimum atomic E-state index is -0.448. The number of Topliss-reactive ketones (excluding diaryl/α,β-unsaturated/α-hetero) is 1. The minimum Gasteiger partial charge on any atom is -0.511 e. The number of fused-ring (bicyclic) bond motifs is 5. The van der Waals surface area contributed by atoms with E-state index in [1.165, 1.54) is 11.1 Å². The molecule has 1 saturated heterocycles. The molecule has 7 heteroatoms. The molecule has 0 radical (unpaired) electrons. The number of rotatable bonds is 6. The molecule has 7 nitrogen and oxygen atoms in total. The molecule has 0 amide bonds. The van der Waals surface area contributed by atoms with Gasteiger partial charge >= 0.3 is 0 Å². The maximum atomic E-state index is 12.1. The monoisotopic (exact) mass is 550 g/mol. The molecule has 1 fully saturated rings. The van der Waals surface area contributed by atoms with Crippen molar-refractivity contribution in [3.05, 3.63) is 91.5 Å². The highest BCUT2D eigenvalue weighted by atomic mass is 16.3. The standard InChI is InChI=1S/C34H38N4O3/c1-7-21-16(3)25-12-27-18(5)23(10-9-20(40)15-39)33(37-27)24-11-31(41)32-19(6)28(38-34(24)32)14-30-22(8-2)17(4)26(36-30)13-29(21)35-25/h12-14,18,23,37,39,41H,7-11,15H2,1-6H3/t18-,23-/m0/s1. The lowest BCUT2D eigenvalue weighted by Crippen LogP contribution is -2.16. The van der Waals surface area contributed by atoms with Gasteiger partial charge < -0.3 is 15.5 Å². The Morgan fingerprint density at radius 1 is 0.951 bits per heavy atom. The lowest BCUT2D eigenvalue weighted by Gasteiger charge is -2.17. The lowest BCUT2D eigenvalue weighted by molar-refractivity contribution is -0.122. The average molecular weight is 551 g/mol. The Hall–Kier alpha value is -3.84. The van der Waals surface area contributed by atoms with Gasteiger partial charge in [-0.05, 0) is 86.1 Å². The summed E-state index contributed by atoms with van der Waals surface area (Å²) in [5.74, 6) is 0.274. The van der Waals surface area contributed by atoms with Crippen molar-refractivity contribution < 1.29 is 15.0 Å². The first-order valence-electron chi connectivity index (χ1n) is 14.7. The van der Waals surface area contributed by atoms with Crippen molar-refractivity contribution in [1.82, 2.24) is 5.32 Å². The van der Waals surface area contributed by atoms with E-state index in [1.807, 2.05) is 6.92 Å². The van der Waals surface area contributed by atoms with Crippen LogP contribution in [0.1, 0.15) is 73.6 Å². The SMILES string of the molecule is CCC1=C(C)C2=NC1=CC1=C(C)C3=C(O)CC(=C4NC(=CC5=NC(=C2)C(CC)=C5C)[C@@H](C)[C@@H]4CCC(=O)CO)C3=N1. The molecule has 5 heterocycles. The van der Waals surface area contributed by atoms with Gasteiger partial charge in [0, 0.05) is 47.2 Å². The van der Waals surface area contributed by atoms with Gasteiger partial charge in [-0.2, -0.15) is 0 Å². The van der Waals surface area contributed by atoms with Gasteiger partial charge in [0.2, 0.25) is 0 Å². The smallest absolute Gasteiger partial charge is 0.158 e. The lowest BCUT2D eigenvalue weighted by atomic mass is 9.85. The van der Waals surface area contributed by atoms with Crippen molar-refractivity contribution >= 4 is 22.9 Å². The van der Waals surface area contributed by atoms with Crippen molar-refractivity contribution in [2.24, 2.45) is 26.8 Å². The van der Waals surface area contributed by atoms with E-state index in [0.717, 1.165) is 86.3 Å². The van der Waals surface area contributed by atoms with E-state index in [1.54, 1.807) is 0 Å². The molecule has 1 aliphatic carbocycles. The second-order valence-corrected chi connectivity index (χ2v) is 11.7. The van der Waals surface area contributed by atoms with Crippen LogP contribution in [0.2, 0.25) is 0 Å². The van der Waals surface area contributed by atoms with E-state index in [-0.39, 0.29) is 17.6 Å². The molecule has 6 rings (SSSR count). The first kappa shape index (κ1) is 27.3. The van der Waals surface area contributed by atoms with Crippen molar-refractivity contribution in [1.29, 1.82) is 0 Å². The molecule has 5 aliphatic heterocycles. The number of carbonyl (C=O) groups excluding carboxylic acids is 1. The molecular weight excluding hydrogens is 512 g/mol. The third-order valence-corrected chi connectivity index (χ3v) is 9.45. The molecule has 0 saturated carbocycles. The Morgan fingerprint density at radius 2 is 1.59 bits per heavy atom. The summed E-state index contributed by atoms with van der Waals surface area (Å²) in [6.07, 6.45) is 9.34. The molecule has 0 spiro atoms. The molecule has 2 atom stereocenters. The van der Waals surface area contributed by atoms with E-state index >= 15 is 0 Å². The zero-order valence-electron chi connectivity index (χ0n) is 24.8. The summed E-state index contributed by atoms with van der Waals surface area (Å²) in [6, 6.07) is 0. The molecule has 41 heavy (non-hydrogen) atoms. The molecule has 0 aromatic heterocycles. The third kappa shape index (κ3) is 4.29. The highest BCUT2D eigenvalue weighted by Crippen LogP contribution is 2.46. The van der Waals surface area contributed by atoms with Crippen molar-refractivity contribution in [3.63, 3.8) is 0 Å². The molecular formula is C34H38N4O3. The molecule has 6 aliphatic rings. The minimum absolute atomic E-state index is 0.0192. The number of aliphatic hydroxyl groups excluding tert-OH is 2. The normalized spacial score (nSPS) is 25.1. The van der Waals surface area contributed by atoms with Gasteiger partial charge in [0.15, 0.2) is 5.78 Å². The second-order valence-electron chi connectivity index (χ2n) is 11.7. The van der Waals surface area contributed by atoms with Crippen molar-refractivity contribution in [2.75, 3.05) is 6.61 Å².